The third-order valence-electron chi connectivity index (χ3n) is 4.34. The molecular formula is C20H20N4O2S. The molecule has 1 atom stereocenters. The zero-order valence-electron chi connectivity index (χ0n) is 14.9. The molecule has 2 aromatic heterocycles. The molecule has 1 unspecified atom stereocenters. The van der Waals surface area contributed by atoms with Gasteiger partial charge in [0, 0.05) is 23.6 Å². The van der Waals surface area contributed by atoms with Gasteiger partial charge in [0.25, 0.3) is 5.56 Å². The second-order valence-electron chi connectivity index (χ2n) is 6.31. The quantitative estimate of drug-likeness (QED) is 0.448. The number of aryl methyl sites for hydroxylation is 1. The van der Waals surface area contributed by atoms with Gasteiger partial charge < -0.3 is 10.1 Å². The van der Waals surface area contributed by atoms with Gasteiger partial charge in [-0.15, -0.1) is 11.3 Å². The predicted octanol–water partition coefficient (Wildman–Crippen LogP) is 4.24. The Balaban J connectivity index is 1.45. The second-order valence-corrected chi connectivity index (χ2v) is 7.54. The van der Waals surface area contributed by atoms with Crippen LogP contribution >= 0.6 is 11.3 Å². The van der Waals surface area contributed by atoms with Crippen molar-refractivity contribution in [3.05, 3.63) is 75.5 Å². The second kappa shape index (κ2) is 7.67. The molecule has 7 heteroatoms. The molecule has 138 valence electrons. The minimum absolute atomic E-state index is 0.104. The van der Waals surface area contributed by atoms with Crippen LogP contribution in [0.5, 0.6) is 5.75 Å². The summed E-state index contributed by atoms with van der Waals surface area (Å²) in [4.78, 5) is 17.2. The van der Waals surface area contributed by atoms with Crippen LogP contribution in [0.25, 0.3) is 10.9 Å². The molecule has 6 nitrogen and oxygen atoms in total. The molecule has 0 saturated heterocycles. The number of benzene rings is 2. The van der Waals surface area contributed by atoms with Crippen molar-refractivity contribution in [3.8, 4) is 5.75 Å². The van der Waals surface area contributed by atoms with E-state index in [-0.39, 0.29) is 11.6 Å². The van der Waals surface area contributed by atoms with Crippen LogP contribution in [0, 0.1) is 6.92 Å². The molecule has 3 N–H and O–H groups in total. The number of aromatic amines is 2. The van der Waals surface area contributed by atoms with Gasteiger partial charge in [0.05, 0.1) is 23.6 Å². The highest BCUT2D eigenvalue weighted by atomic mass is 32.1. The fourth-order valence-corrected chi connectivity index (χ4v) is 3.70. The molecule has 2 heterocycles. The molecule has 0 bridgehead atoms. The fraction of sp³-hybridized carbons (Fsp3) is 0.200. The van der Waals surface area contributed by atoms with Crippen LogP contribution in [-0.2, 0) is 0 Å². The highest BCUT2D eigenvalue weighted by molar-refractivity contribution is 7.15. The van der Waals surface area contributed by atoms with Gasteiger partial charge in [0.1, 0.15) is 5.75 Å². The van der Waals surface area contributed by atoms with Crippen molar-refractivity contribution in [2.75, 3.05) is 11.9 Å². The SMILES string of the molecule is Cc1cnc(NC(CCOc2ccc3c(=O)[nH][nH]c3c2)c2ccccc2)s1. The van der Waals surface area contributed by atoms with Crippen LogP contribution in [0.1, 0.15) is 22.9 Å². The maximum Gasteiger partial charge on any atom is 0.271 e. The Kier molecular flexibility index (Phi) is 4.93. The van der Waals surface area contributed by atoms with Gasteiger partial charge in [-0.3, -0.25) is 15.0 Å². The lowest BCUT2D eigenvalue weighted by atomic mass is 10.0. The van der Waals surface area contributed by atoms with Crippen LogP contribution in [0.4, 0.5) is 5.13 Å². The summed E-state index contributed by atoms with van der Waals surface area (Å²) in [7, 11) is 0. The summed E-state index contributed by atoms with van der Waals surface area (Å²) in [6.07, 6.45) is 2.66. The van der Waals surface area contributed by atoms with Gasteiger partial charge in [-0.2, -0.15) is 0 Å². The summed E-state index contributed by atoms with van der Waals surface area (Å²) >= 11 is 1.64. The third-order valence-corrected chi connectivity index (χ3v) is 5.19. The first-order valence-corrected chi connectivity index (χ1v) is 9.58. The fourth-order valence-electron chi connectivity index (χ4n) is 2.98. The number of H-pyrrole nitrogens is 2. The molecule has 0 saturated carbocycles. The summed E-state index contributed by atoms with van der Waals surface area (Å²) in [5.74, 6) is 0.731. The molecular weight excluding hydrogens is 360 g/mol. The summed E-state index contributed by atoms with van der Waals surface area (Å²) in [6.45, 7) is 2.59. The van der Waals surface area contributed by atoms with E-state index in [1.165, 1.54) is 10.4 Å². The van der Waals surface area contributed by atoms with E-state index in [1.807, 2.05) is 43.5 Å². The average molecular weight is 380 g/mol. The van der Waals surface area contributed by atoms with Gasteiger partial charge >= 0.3 is 0 Å². The van der Waals surface area contributed by atoms with E-state index in [2.05, 4.69) is 32.6 Å². The standard InChI is InChI=1S/C20H20N4O2S/c1-13-12-21-20(27-13)22-17(14-5-3-2-4-6-14)9-10-26-15-7-8-16-18(11-15)23-24-19(16)25/h2-8,11-12,17H,9-10H2,1H3,(H,21,22)(H2,23,24,25). The molecule has 4 aromatic rings. The van der Waals surface area contributed by atoms with E-state index < -0.39 is 0 Å². The number of rotatable bonds is 7. The van der Waals surface area contributed by atoms with E-state index in [9.17, 15) is 4.79 Å². The normalized spacial score (nSPS) is 12.2. The molecule has 0 fully saturated rings. The highest BCUT2D eigenvalue weighted by Gasteiger charge is 2.13. The van der Waals surface area contributed by atoms with Crippen molar-refractivity contribution in [1.82, 2.24) is 15.2 Å². The number of ether oxygens (including phenoxy) is 1. The van der Waals surface area contributed by atoms with E-state index in [4.69, 9.17) is 4.74 Å². The number of hydrogen-bond acceptors (Lipinski definition) is 5. The Labute approximate surface area is 160 Å². The molecule has 0 aliphatic carbocycles. The zero-order chi connectivity index (χ0) is 18.6. The van der Waals surface area contributed by atoms with Crippen LogP contribution in [0.15, 0.2) is 59.5 Å². The highest BCUT2D eigenvalue weighted by Crippen LogP contribution is 2.26. The average Bonchev–Trinajstić information content (AvgIpc) is 3.27. The van der Waals surface area contributed by atoms with Gasteiger partial charge in [0.2, 0.25) is 0 Å². The molecule has 27 heavy (non-hydrogen) atoms. The first-order chi connectivity index (χ1) is 13.2. The minimum Gasteiger partial charge on any atom is -0.493 e. The summed E-state index contributed by atoms with van der Waals surface area (Å²) < 4.78 is 5.93. The lowest BCUT2D eigenvalue weighted by Gasteiger charge is -2.19. The van der Waals surface area contributed by atoms with Crippen molar-refractivity contribution in [1.29, 1.82) is 0 Å². The Hall–Kier alpha value is -3.06. The number of aromatic nitrogens is 3. The van der Waals surface area contributed by atoms with Gasteiger partial charge in [-0.05, 0) is 24.6 Å². The Morgan fingerprint density at radius 3 is 2.81 bits per heavy atom. The molecule has 0 aliphatic rings. The van der Waals surface area contributed by atoms with Crippen LogP contribution < -0.4 is 15.6 Å². The molecule has 0 radical (unpaired) electrons. The number of hydrogen-bond donors (Lipinski definition) is 3. The van der Waals surface area contributed by atoms with Crippen LogP contribution in [0.3, 0.4) is 0 Å². The number of anilines is 1. The van der Waals surface area contributed by atoms with Crippen molar-refractivity contribution < 1.29 is 4.74 Å². The van der Waals surface area contributed by atoms with Crippen molar-refractivity contribution >= 4 is 27.4 Å². The summed E-state index contributed by atoms with van der Waals surface area (Å²) in [5.41, 5.74) is 1.82. The van der Waals surface area contributed by atoms with Gasteiger partial charge in [-0.25, -0.2) is 4.98 Å². The monoisotopic (exact) mass is 380 g/mol. The lowest BCUT2D eigenvalue weighted by molar-refractivity contribution is 0.302. The maximum atomic E-state index is 11.6. The third kappa shape index (κ3) is 4.03. The predicted molar refractivity (Wildman–Crippen MR) is 109 cm³/mol. The van der Waals surface area contributed by atoms with Crippen molar-refractivity contribution in [2.45, 2.75) is 19.4 Å². The van der Waals surface area contributed by atoms with E-state index in [0.29, 0.717) is 12.0 Å². The number of nitrogens with zero attached hydrogens (tertiary/aromatic N) is 1. The van der Waals surface area contributed by atoms with Crippen LogP contribution in [-0.4, -0.2) is 21.8 Å². The van der Waals surface area contributed by atoms with E-state index in [0.717, 1.165) is 22.8 Å². The smallest absolute Gasteiger partial charge is 0.271 e. The molecule has 0 aliphatic heterocycles. The molecule has 2 aromatic carbocycles. The molecule has 0 spiro atoms. The van der Waals surface area contributed by atoms with Crippen LogP contribution in [0.2, 0.25) is 0 Å². The number of fused-ring (bicyclic) bond motifs is 1. The Morgan fingerprint density at radius 1 is 1.19 bits per heavy atom. The number of nitrogens with one attached hydrogen (secondary N) is 3. The van der Waals surface area contributed by atoms with Gasteiger partial charge in [0.15, 0.2) is 5.13 Å². The molecule has 0 amide bonds. The topological polar surface area (TPSA) is 82.8 Å². The first kappa shape index (κ1) is 17.4. The molecule has 4 rings (SSSR count). The van der Waals surface area contributed by atoms with E-state index >= 15 is 0 Å². The van der Waals surface area contributed by atoms with E-state index in [1.54, 1.807) is 17.4 Å². The summed E-state index contributed by atoms with van der Waals surface area (Å²) in [5, 5.41) is 10.5. The minimum atomic E-state index is -0.122. The first-order valence-electron chi connectivity index (χ1n) is 8.76. The zero-order valence-corrected chi connectivity index (χ0v) is 15.7. The summed E-state index contributed by atoms with van der Waals surface area (Å²) in [6, 6.07) is 15.8. The van der Waals surface area contributed by atoms with Crippen molar-refractivity contribution in [2.24, 2.45) is 0 Å². The van der Waals surface area contributed by atoms with Crippen molar-refractivity contribution in [3.63, 3.8) is 0 Å². The number of thiazole rings is 1. The maximum absolute atomic E-state index is 11.6. The largest absolute Gasteiger partial charge is 0.493 e. The Morgan fingerprint density at radius 2 is 2.04 bits per heavy atom. The Bertz CT molecular complexity index is 1080. The van der Waals surface area contributed by atoms with Gasteiger partial charge in [-0.1, -0.05) is 30.3 Å². The lowest BCUT2D eigenvalue weighted by Crippen LogP contribution is -2.14.